The summed E-state index contributed by atoms with van der Waals surface area (Å²) in [5, 5.41) is 7.91. The van der Waals surface area contributed by atoms with Gasteiger partial charge < -0.3 is 5.32 Å². The molecule has 0 radical (unpaired) electrons. The Labute approximate surface area is 120 Å². The maximum atomic E-state index is 11.9. The minimum Gasteiger partial charge on any atom is -0.383 e. The van der Waals surface area contributed by atoms with Crippen molar-refractivity contribution in [2.75, 3.05) is 18.1 Å². The van der Waals surface area contributed by atoms with Crippen molar-refractivity contribution in [3.8, 4) is 0 Å². The average molecular weight is 332 g/mol. The van der Waals surface area contributed by atoms with Gasteiger partial charge in [-0.25, -0.2) is 4.68 Å². The Hall–Kier alpha value is -0.750. The first-order chi connectivity index (χ1) is 8.60. The summed E-state index contributed by atoms with van der Waals surface area (Å²) in [6.07, 6.45) is 6.45. The zero-order valence-electron chi connectivity index (χ0n) is 10.6. The molecule has 6 heteroatoms. The van der Waals surface area contributed by atoms with Crippen LogP contribution >= 0.6 is 27.7 Å². The lowest BCUT2D eigenvalue weighted by Gasteiger charge is -2.11. The van der Waals surface area contributed by atoms with Crippen LogP contribution in [0.1, 0.15) is 13.3 Å². The van der Waals surface area contributed by atoms with Gasteiger partial charge in [0.2, 0.25) is 0 Å². The van der Waals surface area contributed by atoms with Crippen LogP contribution in [0, 0.1) is 0 Å². The van der Waals surface area contributed by atoms with Crippen molar-refractivity contribution in [1.82, 2.24) is 9.78 Å². The van der Waals surface area contributed by atoms with E-state index < -0.39 is 0 Å². The van der Waals surface area contributed by atoms with E-state index in [1.54, 1.807) is 12.3 Å². The summed E-state index contributed by atoms with van der Waals surface area (Å²) in [5.74, 6) is 0. The minimum absolute atomic E-state index is 0.141. The van der Waals surface area contributed by atoms with Crippen LogP contribution in [0.4, 0.5) is 5.69 Å². The number of rotatable bonds is 7. The van der Waals surface area contributed by atoms with Crippen molar-refractivity contribution < 1.29 is 0 Å². The Balaban J connectivity index is 2.70. The van der Waals surface area contributed by atoms with Crippen molar-refractivity contribution in [2.24, 2.45) is 0 Å². The molecule has 0 saturated carbocycles. The lowest BCUT2D eigenvalue weighted by Crippen LogP contribution is -2.24. The molecule has 0 saturated heterocycles. The van der Waals surface area contributed by atoms with Gasteiger partial charge in [0.25, 0.3) is 5.56 Å². The summed E-state index contributed by atoms with van der Waals surface area (Å²) in [6.45, 7) is 7.02. The molecule has 1 aromatic rings. The van der Waals surface area contributed by atoms with Gasteiger partial charge in [-0.3, -0.25) is 4.79 Å². The van der Waals surface area contributed by atoms with Gasteiger partial charge in [-0.2, -0.15) is 16.9 Å². The molecule has 1 unspecified atom stereocenters. The van der Waals surface area contributed by atoms with Crippen molar-refractivity contribution in [3.05, 3.63) is 33.7 Å². The fraction of sp³-hybridized carbons (Fsp3) is 0.500. The third kappa shape index (κ3) is 4.17. The first kappa shape index (κ1) is 15.3. The number of hydrogen-bond donors (Lipinski definition) is 1. The quantitative estimate of drug-likeness (QED) is 0.780. The highest BCUT2D eigenvalue weighted by Crippen LogP contribution is 2.17. The van der Waals surface area contributed by atoms with Gasteiger partial charge in [-0.15, -0.1) is 6.58 Å². The molecule has 0 aromatic carbocycles. The standard InChI is InChI=1S/C12H18BrN3OS/c1-4-7-16-12(17)11(13)10(8-15-16)14-6-5-9(2)18-3/h4,8-9,14H,1,5-7H2,2-3H3. The van der Waals surface area contributed by atoms with Crippen LogP contribution in [0.15, 0.2) is 28.1 Å². The second-order valence-corrected chi connectivity index (χ2v) is 5.98. The highest BCUT2D eigenvalue weighted by Gasteiger charge is 2.08. The molecule has 0 aliphatic carbocycles. The zero-order chi connectivity index (χ0) is 13.5. The third-order valence-corrected chi connectivity index (χ3v) is 4.36. The summed E-state index contributed by atoms with van der Waals surface area (Å²) >= 11 is 5.14. The molecule has 100 valence electrons. The number of thioether (sulfide) groups is 1. The predicted molar refractivity (Wildman–Crippen MR) is 82.5 cm³/mol. The van der Waals surface area contributed by atoms with Gasteiger partial charge in [0, 0.05) is 11.8 Å². The van der Waals surface area contributed by atoms with Gasteiger partial charge >= 0.3 is 0 Å². The summed E-state index contributed by atoms with van der Waals surface area (Å²) in [7, 11) is 0. The van der Waals surface area contributed by atoms with E-state index in [4.69, 9.17) is 0 Å². The molecule has 0 aliphatic heterocycles. The zero-order valence-corrected chi connectivity index (χ0v) is 13.1. The minimum atomic E-state index is -0.141. The fourth-order valence-corrected chi connectivity index (χ4v) is 2.17. The van der Waals surface area contributed by atoms with Gasteiger partial charge in [0.1, 0.15) is 4.47 Å². The topological polar surface area (TPSA) is 46.9 Å². The van der Waals surface area contributed by atoms with Crippen LogP contribution in [-0.4, -0.2) is 27.8 Å². The fourth-order valence-electron chi connectivity index (χ4n) is 1.37. The monoisotopic (exact) mass is 331 g/mol. The molecule has 0 aliphatic rings. The van der Waals surface area contributed by atoms with E-state index in [1.807, 2.05) is 11.8 Å². The molecular formula is C12H18BrN3OS. The summed E-state index contributed by atoms with van der Waals surface area (Å²) < 4.78 is 1.89. The van der Waals surface area contributed by atoms with Gasteiger partial charge in [-0.05, 0) is 28.6 Å². The average Bonchev–Trinajstić information content (AvgIpc) is 2.37. The molecule has 1 atom stereocenters. The van der Waals surface area contributed by atoms with Crippen molar-refractivity contribution in [3.63, 3.8) is 0 Å². The second-order valence-electron chi connectivity index (χ2n) is 3.91. The number of anilines is 1. The Kier molecular flexibility index (Phi) is 6.49. The SMILES string of the molecule is C=CCn1ncc(NCCC(C)SC)c(Br)c1=O. The largest absolute Gasteiger partial charge is 0.383 e. The van der Waals surface area contributed by atoms with Gasteiger partial charge in [-0.1, -0.05) is 13.0 Å². The van der Waals surface area contributed by atoms with Crippen LogP contribution in [0.3, 0.4) is 0 Å². The van der Waals surface area contributed by atoms with E-state index in [0.29, 0.717) is 16.3 Å². The molecular weight excluding hydrogens is 314 g/mol. The van der Waals surface area contributed by atoms with E-state index in [2.05, 4.69) is 46.1 Å². The molecule has 0 bridgehead atoms. The molecule has 1 N–H and O–H groups in total. The molecule has 0 amide bonds. The molecule has 1 heterocycles. The van der Waals surface area contributed by atoms with Gasteiger partial charge in [0.15, 0.2) is 0 Å². The number of nitrogens with one attached hydrogen (secondary N) is 1. The molecule has 0 spiro atoms. The van der Waals surface area contributed by atoms with Crippen LogP contribution in [0.2, 0.25) is 0 Å². The maximum absolute atomic E-state index is 11.9. The van der Waals surface area contributed by atoms with E-state index >= 15 is 0 Å². The van der Waals surface area contributed by atoms with E-state index in [0.717, 1.165) is 18.7 Å². The van der Waals surface area contributed by atoms with Crippen LogP contribution in [0.25, 0.3) is 0 Å². The number of hydrogen-bond acceptors (Lipinski definition) is 4. The lowest BCUT2D eigenvalue weighted by atomic mass is 10.3. The van der Waals surface area contributed by atoms with Crippen molar-refractivity contribution in [2.45, 2.75) is 25.1 Å². The first-order valence-electron chi connectivity index (χ1n) is 5.73. The molecule has 1 aromatic heterocycles. The second kappa shape index (κ2) is 7.63. The smallest absolute Gasteiger partial charge is 0.283 e. The predicted octanol–water partition coefficient (Wildman–Crippen LogP) is 2.75. The maximum Gasteiger partial charge on any atom is 0.283 e. The van der Waals surface area contributed by atoms with E-state index in [1.165, 1.54) is 4.68 Å². The molecule has 4 nitrogen and oxygen atoms in total. The van der Waals surface area contributed by atoms with Crippen LogP contribution in [-0.2, 0) is 6.54 Å². The van der Waals surface area contributed by atoms with E-state index in [-0.39, 0.29) is 5.56 Å². The number of aromatic nitrogens is 2. The van der Waals surface area contributed by atoms with Crippen LogP contribution < -0.4 is 10.9 Å². The van der Waals surface area contributed by atoms with Gasteiger partial charge in [0.05, 0.1) is 18.4 Å². The summed E-state index contributed by atoms with van der Waals surface area (Å²) in [6, 6.07) is 0. The Morgan fingerprint density at radius 1 is 1.72 bits per heavy atom. The molecule has 0 fully saturated rings. The Morgan fingerprint density at radius 2 is 2.44 bits per heavy atom. The summed E-state index contributed by atoms with van der Waals surface area (Å²) in [5.41, 5.74) is 0.603. The van der Waals surface area contributed by atoms with Crippen molar-refractivity contribution >= 4 is 33.4 Å². The van der Waals surface area contributed by atoms with Crippen LogP contribution in [0.5, 0.6) is 0 Å². The van der Waals surface area contributed by atoms with E-state index in [9.17, 15) is 4.79 Å². The Bertz CT molecular complexity index is 461. The Morgan fingerprint density at radius 3 is 3.06 bits per heavy atom. The lowest BCUT2D eigenvalue weighted by molar-refractivity contribution is 0.648. The van der Waals surface area contributed by atoms with Crippen molar-refractivity contribution in [1.29, 1.82) is 0 Å². The number of halogens is 1. The third-order valence-electron chi connectivity index (χ3n) is 2.56. The highest BCUT2D eigenvalue weighted by atomic mass is 79.9. The number of nitrogens with zero attached hydrogens (tertiary/aromatic N) is 2. The first-order valence-corrected chi connectivity index (χ1v) is 7.81. The molecule has 18 heavy (non-hydrogen) atoms. The molecule has 1 rings (SSSR count). The number of allylic oxidation sites excluding steroid dienone is 1. The summed E-state index contributed by atoms with van der Waals surface area (Å²) in [4.78, 5) is 11.9. The highest BCUT2D eigenvalue weighted by molar-refractivity contribution is 9.10. The normalized spacial score (nSPS) is 12.2.